The smallest absolute Gasteiger partial charge is 0.239 e. The largest absolute Gasteiger partial charge is 0.347 e. The Balaban J connectivity index is 2.59. The first-order chi connectivity index (χ1) is 8.50. The highest BCUT2D eigenvalue weighted by Crippen LogP contribution is 2.07. The van der Waals surface area contributed by atoms with Gasteiger partial charge in [0.25, 0.3) is 0 Å². The van der Waals surface area contributed by atoms with Crippen LogP contribution in [0.25, 0.3) is 0 Å². The van der Waals surface area contributed by atoms with Gasteiger partial charge in [-0.2, -0.15) is 0 Å². The molecule has 0 fully saturated rings. The zero-order valence-electron chi connectivity index (χ0n) is 11.7. The van der Waals surface area contributed by atoms with Crippen LogP contribution < -0.4 is 5.32 Å². The summed E-state index contributed by atoms with van der Waals surface area (Å²) in [4.78, 5) is 17.9. The van der Waals surface area contributed by atoms with Gasteiger partial charge in [-0.3, -0.25) is 9.78 Å². The highest BCUT2D eigenvalue weighted by Gasteiger charge is 2.20. The van der Waals surface area contributed by atoms with Crippen LogP contribution in [0, 0.1) is 5.92 Å². The fraction of sp³-hybridized carbons (Fsp3) is 0.571. The summed E-state index contributed by atoms with van der Waals surface area (Å²) in [6.45, 7) is 4.87. The van der Waals surface area contributed by atoms with Crippen LogP contribution in [0.15, 0.2) is 24.4 Å². The fourth-order valence-corrected chi connectivity index (χ4v) is 1.79. The van der Waals surface area contributed by atoms with E-state index in [1.54, 1.807) is 25.2 Å². The van der Waals surface area contributed by atoms with Crippen molar-refractivity contribution in [3.05, 3.63) is 30.1 Å². The molecule has 1 atom stereocenters. The molecule has 18 heavy (non-hydrogen) atoms. The molecule has 0 saturated heterocycles. The fourth-order valence-electron chi connectivity index (χ4n) is 1.79. The highest BCUT2D eigenvalue weighted by atomic mass is 16.2. The lowest BCUT2D eigenvalue weighted by atomic mass is 10.0. The van der Waals surface area contributed by atoms with E-state index >= 15 is 0 Å². The Hall–Kier alpha value is -1.42. The Kier molecular flexibility index (Phi) is 5.78. The minimum atomic E-state index is -0.137. The third-order valence-electron chi connectivity index (χ3n) is 2.70. The summed E-state index contributed by atoms with van der Waals surface area (Å²) in [5.74, 6) is 0.606. The molecule has 0 radical (unpaired) electrons. The molecule has 0 aliphatic heterocycles. The molecule has 1 aromatic rings. The molecule has 0 bridgehead atoms. The summed E-state index contributed by atoms with van der Waals surface area (Å²) in [5, 5.41) is 3.29. The summed E-state index contributed by atoms with van der Waals surface area (Å²) >= 11 is 0. The zero-order chi connectivity index (χ0) is 13.5. The normalized spacial score (nSPS) is 12.5. The lowest BCUT2D eigenvalue weighted by molar-refractivity contribution is -0.131. The van der Waals surface area contributed by atoms with Crippen LogP contribution in [0.4, 0.5) is 0 Å². The maximum Gasteiger partial charge on any atom is 0.239 e. The van der Waals surface area contributed by atoms with E-state index in [2.05, 4.69) is 24.1 Å². The third-order valence-corrected chi connectivity index (χ3v) is 2.70. The molecule has 4 nitrogen and oxygen atoms in total. The summed E-state index contributed by atoms with van der Waals surface area (Å²) in [6, 6.07) is 5.66. The van der Waals surface area contributed by atoms with E-state index in [-0.39, 0.29) is 11.9 Å². The van der Waals surface area contributed by atoms with Crippen molar-refractivity contribution in [2.75, 3.05) is 14.1 Å². The highest BCUT2D eigenvalue weighted by molar-refractivity contribution is 5.81. The van der Waals surface area contributed by atoms with Crippen LogP contribution in [-0.4, -0.2) is 35.9 Å². The molecule has 0 aliphatic rings. The van der Waals surface area contributed by atoms with Gasteiger partial charge in [0.2, 0.25) is 5.91 Å². The van der Waals surface area contributed by atoms with Gasteiger partial charge in [0.1, 0.15) is 0 Å². The van der Waals surface area contributed by atoms with Crippen LogP contribution in [0.3, 0.4) is 0 Å². The Morgan fingerprint density at radius 3 is 2.61 bits per heavy atom. The molecule has 0 spiro atoms. The van der Waals surface area contributed by atoms with E-state index < -0.39 is 0 Å². The summed E-state index contributed by atoms with van der Waals surface area (Å²) in [7, 11) is 3.58. The Bertz CT molecular complexity index is 363. The predicted molar refractivity (Wildman–Crippen MR) is 73.0 cm³/mol. The second-order valence-corrected chi connectivity index (χ2v) is 5.12. The molecular formula is C14H23N3O. The maximum atomic E-state index is 12.0. The van der Waals surface area contributed by atoms with Gasteiger partial charge in [0.05, 0.1) is 11.7 Å². The van der Waals surface area contributed by atoms with Gasteiger partial charge in [-0.1, -0.05) is 19.9 Å². The first-order valence-corrected chi connectivity index (χ1v) is 6.35. The molecule has 1 amide bonds. The molecule has 1 unspecified atom stereocenters. The van der Waals surface area contributed by atoms with Crippen molar-refractivity contribution in [1.29, 1.82) is 0 Å². The van der Waals surface area contributed by atoms with Gasteiger partial charge in [-0.25, -0.2) is 0 Å². The first-order valence-electron chi connectivity index (χ1n) is 6.35. The third kappa shape index (κ3) is 4.84. The number of aromatic nitrogens is 1. The first kappa shape index (κ1) is 14.6. The second kappa shape index (κ2) is 7.11. The number of rotatable bonds is 6. The van der Waals surface area contributed by atoms with Crippen molar-refractivity contribution >= 4 is 5.91 Å². The maximum absolute atomic E-state index is 12.0. The molecule has 1 N–H and O–H groups in total. The molecular weight excluding hydrogens is 226 g/mol. The number of nitrogens with zero attached hydrogens (tertiary/aromatic N) is 2. The van der Waals surface area contributed by atoms with Gasteiger partial charge in [-0.05, 0) is 24.5 Å². The summed E-state index contributed by atoms with van der Waals surface area (Å²) < 4.78 is 0. The molecule has 4 heteroatoms. The zero-order valence-corrected chi connectivity index (χ0v) is 11.7. The summed E-state index contributed by atoms with van der Waals surface area (Å²) in [6.07, 6.45) is 2.60. The average Bonchev–Trinajstić information content (AvgIpc) is 2.34. The Labute approximate surface area is 109 Å². The quantitative estimate of drug-likeness (QED) is 0.834. The van der Waals surface area contributed by atoms with E-state index in [9.17, 15) is 4.79 Å². The average molecular weight is 249 g/mol. The lowest BCUT2D eigenvalue weighted by Gasteiger charge is -2.23. The topological polar surface area (TPSA) is 45.2 Å². The monoisotopic (exact) mass is 249 g/mol. The van der Waals surface area contributed by atoms with Gasteiger partial charge in [0, 0.05) is 26.8 Å². The minimum Gasteiger partial charge on any atom is -0.347 e. The predicted octanol–water partition coefficient (Wildman–Crippen LogP) is 1.67. The van der Waals surface area contributed by atoms with Gasteiger partial charge in [0.15, 0.2) is 0 Å². The SMILES string of the molecule is CC(C)CC(NCc1ccccn1)C(=O)N(C)C. The molecule has 0 aromatic carbocycles. The van der Waals surface area contributed by atoms with E-state index in [1.807, 2.05) is 18.2 Å². The second-order valence-electron chi connectivity index (χ2n) is 5.12. The van der Waals surface area contributed by atoms with Crippen molar-refractivity contribution in [2.24, 2.45) is 5.92 Å². The number of hydrogen-bond donors (Lipinski definition) is 1. The van der Waals surface area contributed by atoms with Gasteiger partial charge >= 0.3 is 0 Å². The van der Waals surface area contributed by atoms with Crippen molar-refractivity contribution in [1.82, 2.24) is 15.2 Å². The number of carbonyl (C=O) groups excluding carboxylic acids is 1. The lowest BCUT2D eigenvalue weighted by Crippen LogP contribution is -2.44. The van der Waals surface area contributed by atoms with E-state index in [0.29, 0.717) is 12.5 Å². The molecule has 100 valence electrons. The molecule has 0 saturated carbocycles. The van der Waals surface area contributed by atoms with Crippen molar-refractivity contribution in [3.8, 4) is 0 Å². The number of carbonyl (C=O) groups is 1. The van der Waals surface area contributed by atoms with E-state index in [4.69, 9.17) is 0 Å². The van der Waals surface area contributed by atoms with Crippen LogP contribution in [-0.2, 0) is 11.3 Å². The van der Waals surface area contributed by atoms with Crippen LogP contribution >= 0.6 is 0 Å². The number of pyridine rings is 1. The Morgan fingerprint density at radius 2 is 2.11 bits per heavy atom. The van der Waals surface area contributed by atoms with Crippen molar-refractivity contribution in [3.63, 3.8) is 0 Å². The van der Waals surface area contributed by atoms with Gasteiger partial charge in [-0.15, -0.1) is 0 Å². The number of hydrogen-bond acceptors (Lipinski definition) is 3. The van der Waals surface area contributed by atoms with E-state index in [0.717, 1.165) is 12.1 Å². The molecule has 0 aliphatic carbocycles. The number of nitrogens with one attached hydrogen (secondary N) is 1. The Morgan fingerprint density at radius 1 is 1.39 bits per heavy atom. The van der Waals surface area contributed by atoms with Gasteiger partial charge < -0.3 is 10.2 Å². The van der Waals surface area contributed by atoms with Crippen LogP contribution in [0.2, 0.25) is 0 Å². The van der Waals surface area contributed by atoms with E-state index in [1.165, 1.54) is 0 Å². The molecule has 1 rings (SSSR count). The number of amides is 1. The molecule has 1 heterocycles. The minimum absolute atomic E-state index is 0.125. The number of likely N-dealkylation sites (N-methyl/N-ethyl adjacent to an activating group) is 1. The van der Waals surface area contributed by atoms with Crippen molar-refractivity contribution in [2.45, 2.75) is 32.9 Å². The van der Waals surface area contributed by atoms with Crippen molar-refractivity contribution < 1.29 is 4.79 Å². The summed E-state index contributed by atoms with van der Waals surface area (Å²) in [5.41, 5.74) is 0.956. The molecule has 1 aromatic heterocycles. The van der Waals surface area contributed by atoms with Crippen LogP contribution in [0.5, 0.6) is 0 Å². The van der Waals surface area contributed by atoms with Crippen LogP contribution in [0.1, 0.15) is 26.0 Å². The standard InChI is InChI=1S/C14H23N3O/c1-11(2)9-13(14(18)17(3)4)16-10-12-7-5-6-8-15-12/h5-8,11,13,16H,9-10H2,1-4H3.